The van der Waals surface area contributed by atoms with Gasteiger partial charge in [0.15, 0.2) is 5.78 Å². The van der Waals surface area contributed by atoms with Gasteiger partial charge in [-0.05, 0) is 38.5 Å². The quantitative estimate of drug-likeness (QED) is 0.801. The largest absolute Gasteiger partial charge is 0.444 e. The number of amides is 1. The smallest absolute Gasteiger partial charge is 0.410 e. The molecule has 0 saturated carbocycles. The van der Waals surface area contributed by atoms with Gasteiger partial charge in [-0.2, -0.15) is 0 Å². The van der Waals surface area contributed by atoms with Crippen LogP contribution in [0.1, 0.15) is 40.2 Å². The number of likely N-dealkylation sites (N-methyl/N-ethyl adjacent to an activating group) is 1. The number of benzene rings is 1. The Kier molecular flexibility index (Phi) is 6.63. The van der Waals surface area contributed by atoms with Gasteiger partial charge in [-0.3, -0.25) is 4.79 Å². The summed E-state index contributed by atoms with van der Waals surface area (Å²) in [6.07, 6.45) is -0.0605. The zero-order valence-electron chi connectivity index (χ0n) is 14.7. The van der Waals surface area contributed by atoms with Crippen molar-refractivity contribution < 1.29 is 14.3 Å². The van der Waals surface area contributed by atoms with E-state index in [0.29, 0.717) is 11.4 Å². The van der Waals surface area contributed by atoms with E-state index in [1.807, 2.05) is 26.0 Å². The van der Waals surface area contributed by atoms with E-state index in [-0.39, 0.29) is 11.7 Å². The highest BCUT2D eigenvalue weighted by Crippen LogP contribution is 2.18. The minimum absolute atomic E-state index is 0.00769. The number of ketones is 1. The van der Waals surface area contributed by atoms with Gasteiger partial charge in [-0.25, -0.2) is 4.79 Å². The molecule has 4 nitrogen and oxygen atoms in total. The number of hydrogen-bond donors (Lipinski definition) is 0. The van der Waals surface area contributed by atoms with Crippen LogP contribution in [0.25, 0.3) is 0 Å². The summed E-state index contributed by atoms with van der Waals surface area (Å²) in [5.74, 6) is -0.162. The van der Waals surface area contributed by atoms with Crippen molar-refractivity contribution in [3.05, 3.63) is 34.9 Å². The predicted molar refractivity (Wildman–Crippen MR) is 92.8 cm³/mol. The molecular weight excluding hydrogens is 314 g/mol. The Morgan fingerprint density at radius 3 is 2.13 bits per heavy atom. The Bertz CT molecular complexity index is 546. The molecule has 0 N–H and O–H groups in total. The summed E-state index contributed by atoms with van der Waals surface area (Å²) in [6, 6.07) is 6.73. The van der Waals surface area contributed by atoms with Crippen molar-refractivity contribution in [3.8, 4) is 0 Å². The third-order valence-corrected chi connectivity index (χ3v) is 3.64. The van der Waals surface area contributed by atoms with Gasteiger partial charge in [-0.1, -0.05) is 37.6 Å². The molecule has 1 aromatic carbocycles. The van der Waals surface area contributed by atoms with E-state index in [0.717, 1.165) is 5.56 Å². The SMILES string of the molecule is CC(C)C(=O)[C@H](Cc1ccc(Cl)cc1)N(C)C(=O)OC(C)(C)C. The summed E-state index contributed by atoms with van der Waals surface area (Å²) in [7, 11) is 1.61. The average molecular weight is 340 g/mol. The molecule has 1 rings (SSSR count). The van der Waals surface area contributed by atoms with Crippen LogP contribution in [0.3, 0.4) is 0 Å². The first-order chi connectivity index (χ1) is 10.5. The topological polar surface area (TPSA) is 46.6 Å². The second-order valence-electron chi connectivity index (χ2n) is 6.99. The molecule has 1 aromatic rings. The number of ether oxygens (including phenoxy) is 1. The van der Waals surface area contributed by atoms with E-state index in [9.17, 15) is 9.59 Å². The Morgan fingerprint density at radius 2 is 1.70 bits per heavy atom. The van der Waals surface area contributed by atoms with Crippen LogP contribution in [0.5, 0.6) is 0 Å². The molecule has 0 aliphatic carbocycles. The first-order valence-electron chi connectivity index (χ1n) is 7.75. The summed E-state index contributed by atoms with van der Waals surface area (Å²) in [5, 5.41) is 0.640. The Balaban J connectivity index is 2.98. The molecule has 5 heteroatoms. The normalized spacial score (nSPS) is 12.9. The number of carbonyl (C=O) groups is 2. The third kappa shape index (κ3) is 6.22. The maximum Gasteiger partial charge on any atom is 0.410 e. The van der Waals surface area contributed by atoms with Gasteiger partial charge in [0, 0.05) is 24.4 Å². The molecule has 0 radical (unpaired) electrons. The predicted octanol–water partition coefficient (Wildman–Crippen LogP) is 4.34. The van der Waals surface area contributed by atoms with Crippen molar-refractivity contribution in [2.75, 3.05) is 7.05 Å². The minimum Gasteiger partial charge on any atom is -0.444 e. The van der Waals surface area contributed by atoms with Crippen LogP contribution in [0.4, 0.5) is 4.79 Å². The van der Waals surface area contributed by atoms with Gasteiger partial charge >= 0.3 is 6.09 Å². The van der Waals surface area contributed by atoms with Gasteiger partial charge < -0.3 is 9.64 Å². The second-order valence-corrected chi connectivity index (χ2v) is 7.43. The van der Waals surface area contributed by atoms with E-state index in [2.05, 4.69) is 0 Å². The molecule has 0 fully saturated rings. The van der Waals surface area contributed by atoms with Crippen molar-refractivity contribution in [2.45, 2.75) is 52.7 Å². The summed E-state index contributed by atoms with van der Waals surface area (Å²) < 4.78 is 5.38. The average Bonchev–Trinajstić information content (AvgIpc) is 2.43. The lowest BCUT2D eigenvalue weighted by molar-refractivity contribution is -0.126. The fourth-order valence-electron chi connectivity index (χ4n) is 2.12. The number of halogens is 1. The van der Waals surface area contributed by atoms with Gasteiger partial charge in [0.1, 0.15) is 5.60 Å². The zero-order valence-corrected chi connectivity index (χ0v) is 15.5. The fraction of sp³-hybridized carbons (Fsp3) is 0.556. The van der Waals surface area contributed by atoms with Crippen LogP contribution < -0.4 is 0 Å². The maximum absolute atomic E-state index is 12.6. The Hall–Kier alpha value is -1.55. The van der Waals surface area contributed by atoms with Crippen molar-refractivity contribution >= 4 is 23.5 Å². The molecule has 0 aliphatic heterocycles. The molecule has 0 saturated heterocycles. The maximum atomic E-state index is 12.6. The van der Waals surface area contributed by atoms with E-state index in [1.165, 1.54) is 4.90 Å². The molecule has 1 atom stereocenters. The molecule has 1 amide bonds. The number of Topliss-reactive ketones (excluding diaryl/α,β-unsaturated/α-hetero) is 1. The van der Waals surface area contributed by atoms with Gasteiger partial charge in [0.25, 0.3) is 0 Å². The number of hydrogen-bond acceptors (Lipinski definition) is 3. The van der Waals surface area contributed by atoms with Gasteiger partial charge in [0.2, 0.25) is 0 Å². The van der Waals surface area contributed by atoms with Crippen molar-refractivity contribution in [1.82, 2.24) is 4.90 Å². The van der Waals surface area contributed by atoms with Crippen LogP contribution in [-0.4, -0.2) is 35.5 Å². The number of nitrogens with zero attached hydrogens (tertiary/aromatic N) is 1. The van der Waals surface area contributed by atoms with Gasteiger partial charge in [0.05, 0.1) is 6.04 Å². The summed E-state index contributed by atoms with van der Waals surface area (Å²) >= 11 is 5.90. The Morgan fingerprint density at radius 1 is 1.17 bits per heavy atom. The molecule has 0 unspecified atom stereocenters. The molecule has 0 aliphatic rings. The first kappa shape index (κ1) is 19.5. The highest BCUT2D eigenvalue weighted by molar-refractivity contribution is 6.30. The van der Waals surface area contributed by atoms with E-state index >= 15 is 0 Å². The summed E-state index contributed by atoms with van der Waals surface area (Å²) in [6.45, 7) is 9.08. The summed E-state index contributed by atoms with van der Waals surface area (Å²) in [4.78, 5) is 26.2. The molecule has 0 heterocycles. The third-order valence-electron chi connectivity index (χ3n) is 3.39. The van der Waals surface area contributed by atoms with Crippen molar-refractivity contribution in [2.24, 2.45) is 5.92 Å². The van der Waals surface area contributed by atoms with Crippen LogP contribution >= 0.6 is 11.6 Å². The lowest BCUT2D eigenvalue weighted by atomic mass is 9.95. The Labute approximate surface area is 143 Å². The molecule has 0 bridgehead atoms. The lowest BCUT2D eigenvalue weighted by Gasteiger charge is -2.31. The molecule has 128 valence electrons. The van der Waals surface area contributed by atoms with E-state index in [4.69, 9.17) is 16.3 Å². The fourth-order valence-corrected chi connectivity index (χ4v) is 2.24. The molecule has 0 aromatic heterocycles. The van der Waals surface area contributed by atoms with Crippen LogP contribution in [-0.2, 0) is 16.0 Å². The molecular formula is C18H26ClNO3. The van der Waals surface area contributed by atoms with E-state index < -0.39 is 17.7 Å². The molecule has 0 spiro atoms. The lowest BCUT2D eigenvalue weighted by Crippen LogP contribution is -2.47. The zero-order chi connectivity index (χ0) is 17.8. The minimum atomic E-state index is -0.600. The molecule has 23 heavy (non-hydrogen) atoms. The standard InChI is InChI=1S/C18H26ClNO3/c1-12(2)16(21)15(11-13-7-9-14(19)10-8-13)20(6)17(22)23-18(3,4)5/h7-10,12,15H,11H2,1-6H3/t15-/m0/s1. The monoisotopic (exact) mass is 339 g/mol. The number of rotatable bonds is 5. The first-order valence-corrected chi connectivity index (χ1v) is 8.13. The highest BCUT2D eigenvalue weighted by Gasteiger charge is 2.31. The van der Waals surface area contributed by atoms with Crippen molar-refractivity contribution in [1.29, 1.82) is 0 Å². The van der Waals surface area contributed by atoms with Crippen molar-refractivity contribution in [3.63, 3.8) is 0 Å². The summed E-state index contributed by atoms with van der Waals surface area (Å²) in [5.41, 5.74) is 0.348. The second kappa shape index (κ2) is 7.82. The van der Waals surface area contributed by atoms with Crippen LogP contribution in [0.2, 0.25) is 5.02 Å². The van der Waals surface area contributed by atoms with Crippen LogP contribution in [0.15, 0.2) is 24.3 Å². The number of carbonyl (C=O) groups excluding carboxylic acids is 2. The van der Waals surface area contributed by atoms with Gasteiger partial charge in [-0.15, -0.1) is 0 Å². The highest BCUT2D eigenvalue weighted by atomic mass is 35.5. The van der Waals surface area contributed by atoms with E-state index in [1.54, 1.807) is 40.0 Å². The van der Waals surface area contributed by atoms with Crippen LogP contribution in [0, 0.1) is 5.92 Å².